The first kappa shape index (κ1) is 11.5. The maximum absolute atomic E-state index is 10.8. The molecule has 0 atom stereocenters. The van der Waals surface area contributed by atoms with Crippen LogP contribution in [0.2, 0.25) is 0 Å². The molecular weight excluding hydrogens is 238 g/mol. The number of nitrogens with one attached hydrogen (secondary N) is 1. The van der Waals surface area contributed by atoms with E-state index >= 15 is 0 Å². The van der Waals surface area contributed by atoms with Gasteiger partial charge < -0.3 is 10.4 Å². The van der Waals surface area contributed by atoms with Crippen molar-refractivity contribution in [1.29, 1.82) is 0 Å². The second kappa shape index (κ2) is 4.92. The van der Waals surface area contributed by atoms with Gasteiger partial charge in [-0.15, -0.1) is 11.3 Å². The predicted molar refractivity (Wildman–Crippen MR) is 65.4 cm³/mol. The molecule has 2 heterocycles. The SMILES string of the molecule is Cc1cccnc1CNc1scnc1C(=O)O. The first-order valence-corrected chi connectivity index (χ1v) is 5.87. The highest BCUT2D eigenvalue weighted by atomic mass is 32.1. The first-order valence-electron chi connectivity index (χ1n) is 4.99. The summed E-state index contributed by atoms with van der Waals surface area (Å²) < 4.78 is 0. The summed E-state index contributed by atoms with van der Waals surface area (Å²) in [6.45, 7) is 2.46. The zero-order chi connectivity index (χ0) is 12.3. The lowest BCUT2D eigenvalue weighted by molar-refractivity contribution is 0.0692. The third kappa shape index (κ3) is 2.59. The number of carboxylic acid groups (broad SMARTS) is 1. The molecule has 0 spiro atoms. The van der Waals surface area contributed by atoms with Gasteiger partial charge in [0.2, 0.25) is 0 Å². The van der Waals surface area contributed by atoms with Crippen LogP contribution in [0.1, 0.15) is 21.7 Å². The third-order valence-corrected chi connectivity index (χ3v) is 3.09. The summed E-state index contributed by atoms with van der Waals surface area (Å²) in [4.78, 5) is 18.9. The molecule has 0 fully saturated rings. The number of anilines is 1. The summed E-state index contributed by atoms with van der Waals surface area (Å²) in [6, 6.07) is 3.84. The van der Waals surface area contributed by atoms with Crippen LogP contribution in [0.15, 0.2) is 23.8 Å². The average Bonchev–Trinajstić information content (AvgIpc) is 2.76. The van der Waals surface area contributed by atoms with Crippen LogP contribution in [0.25, 0.3) is 0 Å². The Labute approximate surface area is 102 Å². The molecule has 2 rings (SSSR count). The highest BCUT2D eigenvalue weighted by Crippen LogP contribution is 2.20. The van der Waals surface area contributed by atoms with Crippen molar-refractivity contribution in [1.82, 2.24) is 9.97 Å². The van der Waals surface area contributed by atoms with Crippen molar-refractivity contribution in [3.05, 3.63) is 40.8 Å². The Hall–Kier alpha value is -1.95. The molecule has 88 valence electrons. The minimum Gasteiger partial charge on any atom is -0.476 e. The van der Waals surface area contributed by atoms with E-state index in [1.165, 1.54) is 16.8 Å². The van der Waals surface area contributed by atoms with Crippen LogP contribution >= 0.6 is 11.3 Å². The van der Waals surface area contributed by atoms with E-state index in [0.29, 0.717) is 11.5 Å². The van der Waals surface area contributed by atoms with Gasteiger partial charge in [0.15, 0.2) is 5.69 Å². The Bertz CT molecular complexity index is 539. The van der Waals surface area contributed by atoms with Gasteiger partial charge >= 0.3 is 5.97 Å². The average molecular weight is 249 g/mol. The molecule has 0 radical (unpaired) electrons. The van der Waals surface area contributed by atoms with Gasteiger partial charge in [0.25, 0.3) is 0 Å². The lowest BCUT2D eigenvalue weighted by Crippen LogP contribution is -2.06. The summed E-state index contributed by atoms with van der Waals surface area (Å²) in [6.07, 6.45) is 1.72. The van der Waals surface area contributed by atoms with Gasteiger partial charge in [-0.05, 0) is 18.6 Å². The number of aromatic carboxylic acids is 1. The predicted octanol–water partition coefficient (Wildman–Crippen LogP) is 2.16. The Morgan fingerprint density at radius 1 is 1.53 bits per heavy atom. The van der Waals surface area contributed by atoms with Gasteiger partial charge in [0, 0.05) is 6.20 Å². The van der Waals surface area contributed by atoms with Crippen molar-refractivity contribution >= 4 is 22.3 Å². The molecule has 0 aliphatic carbocycles. The number of carboxylic acids is 1. The minimum absolute atomic E-state index is 0.0589. The summed E-state index contributed by atoms with van der Waals surface area (Å²) in [7, 11) is 0. The van der Waals surface area contributed by atoms with Crippen LogP contribution in [0, 0.1) is 6.92 Å². The largest absolute Gasteiger partial charge is 0.476 e. The van der Waals surface area contributed by atoms with Crippen molar-refractivity contribution in [2.45, 2.75) is 13.5 Å². The smallest absolute Gasteiger partial charge is 0.357 e. The number of pyridine rings is 1. The molecule has 2 N–H and O–H groups in total. The molecule has 0 amide bonds. The zero-order valence-corrected chi connectivity index (χ0v) is 9.99. The standard InChI is InChI=1S/C11H11N3O2S/c1-7-3-2-4-12-8(7)5-13-10-9(11(15)16)14-6-17-10/h2-4,6,13H,5H2,1H3,(H,15,16). The van der Waals surface area contributed by atoms with Gasteiger partial charge in [-0.3, -0.25) is 4.98 Å². The summed E-state index contributed by atoms with van der Waals surface area (Å²) in [5.74, 6) is -1.02. The van der Waals surface area contributed by atoms with Gasteiger partial charge in [-0.25, -0.2) is 9.78 Å². The zero-order valence-electron chi connectivity index (χ0n) is 9.17. The fraction of sp³-hybridized carbons (Fsp3) is 0.182. The Morgan fingerprint density at radius 2 is 2.35 bits per heavy atom. The molecule has 0 aliphatic heterocycles. The third-order valence-electron chi connectivity index (χ3n) is 2.30. The van der Waals surface area contributed by atoms with E-state index in [4.69, 9.17) is 5.11 Å². The van der Waals surface area contributed by atoms with Gasteiger partial charge in [0.05, 0.1) is 17.7 Å². The second-order valence-corrected chi connectivity index (χ2v) is 4.31. The van der Waals surface area contributed by atoms with Crippen molar-refractivity contribution in [2.24, 2.45) is 0 Å². The van der Waals surface area contributed by atoms with Crippen LogP contribution < -0.4 is 5.32 Å². The Kier molecular flexibility index (Phi) is 3.34. The Morgan fingerprint density at radius 3 is 3.06 bits per heavy atom. The van der Waals surface area contributed by atoms with Gasteiger partial charge in [-0.2, -0.15) is 0 Å². The maximum atomic E-state index is 10.8. The number of hydrogen-bond acceptors (Lipinski definition) is 5. The van der Waals surface area contributed by atoms with E-state index < -0.39 is 5.97 Å². The molecule has 2 aromatic heterocycles. The van der Waals surface area contributed by atoms with E-state index in [9.17, 15) is 4.79 Å². The van der Waals surface area contributed by atoms with Crippen LogP contribution in [-0.4, -0.2) is 21.0 Å². The highest BCUT2D eigenvalue weighted by molar-refractivity contribution is 7.14. The molecule has 0 unspecified atom stereocenters. The summed E-state index contributed by atoms with van der Waals surface area (Å²) in [5, 5.41) is 12.5. The highest BCUT2D eigenvalue weighted by Gasteiger charge is 2.13. The van der Waals surface area contributed by atoms with Crippen LogP contribution in [0.4, 0.5) is 5.00 Å². The minimum atomic E-state index is -1.02. The van der Waals surface area contributed by atoms with Crippen molar-refractivity contribution in [3.8, 4) is 0 Å². The lowest BCUT2D eigenvalue weighted by atomic mass is 10.2. The monoisotopic (exact) mass is 249 g/mol. The van der Waals surface area contributed by atoms with Crippen molar-refractivity contribution in [3.63, 3.8) is 0 Å². The second-order valence-electron chi connectivity index (χ2n) is 3.46. The first-order chi connectivity index (χ1) is 8.18. The molecule has 0 saturated heterocycles. The summed E-state index contributed by atoms with van der Waals surface area (Å²) >= 11 is 1.27. The number of rotatable bonds is 4. The number of aryl methyl sites for hydroxylation is 1. The number of hydrogen-bond donors (Lipinski definition) is 2. The fourth-order valence-corrected chi connectivity index (χ4v) is 2.06. The molecule has 0 saturated carbocycles. The molecule has 6 heteroatoms. The fourth-order valence-electron chi connectivity index (χ4n) is 1.39. The lowest BCUT2D eigenvalue weighted by Gasteiger charge is -2.06. The molecule has 2 aromatic rings. The quantitative estimate of drug-likeness (QED) is 0.868. The van der Waals surface area contributed by atoms with E-state index in [1.54, 1.807) is 6.20 Å². The number of aromatic nitrogens is 2. The normalized spacial score (nSPS) is 10.2. The molecule has 0 aliphatic rings. The van der Waals surface area contributed by atoms with E-state index in [1.807, 2.05) is 19.1 Å². The van der Waals surface area contributed by atoms with Crippen LogP contribution in [0.5, 0.6) is 0 Å². The number of thiazole rings is 1. The van der Waals surface area contributed by atoms with Crippen LogP contribution in [0.3, 0.4) is 0 Å². The maximum Gasteiger partial charge on any atom is 0.357 e. The van der Waals surface area contributed by atoms with Crippen molar-refractivity contribution in [2.75, 3.05) is 5.32 Å². The van der Waals surface area contributed by atoms with E-state index in [2.05, 4.69) is 15.3 Å². The molecule has 5 nitrogen and oxygen atoms in total. The number of nitrogens with zero attached hydrogens (tertiary/aromatic N) is 2. The van der Waals surface area contributed by atoms with Gasteiger partial charge in [0.1, 0.15) is 5.00 Å². The van der Waals surface area contributed by atoms with E-state index in [0.717, 1.165) is 11.3 Å². The molecule has 0 bridgehead atoms. The molecule has 17 heavy (non-hydrogen) atoms. The van der Waals surface area contributed by atoms with Gasteiger partial charge in [-0.1, -0.05) is 6.07 Å². The van der Waals surface area contributed by atoms with Crippen LogP contribution in [-0.2, 0) is 6.54 Å². The molecular formula is C11H11N3O2S. The Balaban J connectivity index is 2.10. The molecule has 0 aromatic carbocycles. The number of carbonyl (C=O) groups is 1. The van der Waals surface area contributed by atoms with E-state index in [-0.39, 0.29) is 5.69 Å². The summed E-state index contributed by atoms with van der Waals surface area (Å²) in [5.41, 5.74) is 3.54. The van der Waals surface area contributed by atoms with Crippen molar-refractivity contribution < 1.29 is 9.90 Å². The topological polar surface area (TPSA) is 75.1 Å².